The summed E-state index contributed by atoms with van der Waals surface area (Å²) in [6.07, 6.45) is 0. The molecule has 0 aliphatic rings. The van der Waals surface area contributed by atoms with Gasteiger partial charge in [0.15, 0.2) is 5.13 Å². The zero-order chi connectivity index (χ0) is 11.4. The van der Waals surface area contributed by atoms with Crippen LogP contribution in [0.5, 0.6) is 0 Å². The standard InChI is InChI=1S/C12H16N2OS/c1-3-15-7-6-13-12-14-10-8-9(2)4-5-11(10)16-12/h4-5,8H,3,6-7H2,1-2H3,(H,13,14). The second-order valence-corrected chi connectivity index (χ2v) is 4.64. The molecule has 0 aliphatic carbocycles. The molecular weight excluding hydrogens is 220 g/mol. The number of hydrogen-bond acceptors (Lipinski definition) is 4. The van der Waals surface area contributed by atoms with Gasteiger partial charge < -0.3 is 10.1 Å². The van der Waals surface area contributed by atoms with E-state index in [1.54, 1.807) is 11.3 Å². The van der Waals surface area contributed by atoms with E-state index in [1.807, 2.05) is 6.92 Å². The van der Waals surface area contributed by atoms with E-state index >= 15 is 0 Å². The summed E-state index contributed by atoms with van der Waals surface area (Å²) in [5.74, 6) is 0. The summed E-state index contributed by atoms with van der Waals surface area (Å²) < 4.78 is 6.49. The summed E-state index contributed by atoms with van der Waals surface area (Å²) in [6, 6.07) is 6.35. The summed E-state index contributed by atoms with van der Waals surface area (Å²) >= 11 is 1.69. The Hall–Kier alpha value is -1.13. The minimum atomic E-state index is 0.728. The fraction of sp³-hybridized carbons (Fsp3) is 0.417. The van der Waals surface area contributed by atoms with Crippen molar-refractivity contribution < 1.29 is 4.74 Å². The highest BCUT2D eigenvalue weighted by Crippen LogP contribution is 2.26. The number of fused-ring (bicyclic) bond motifs is 1. The van der Waals surface area contributed by atoms with Gasteiger partial charge in [-0.15, -0.1) is 0 Å². The zero-order valence-corrected chi connectivity index (χ0v) is 10.4. The molecule has 0 bridgehead atoms. The third-order valence-electron chi connectivity index (χ3n) is 2.27. The molecule has 1 N–H and O–H groups in total. The number of ether oxygens (including phenoxy) is 1. The van der Waals surface area contributed by atoms with Gasteiger partial charge in [-0.05, 0) is 31.5 Å². The minimum absolute atomic E-state index is 0.728. The Bertz CT molecular complexity index is 467. The highest BCUT2D eigenvalue weighted by molar-refractivity contribution is 7.22. The van der Waals surface area contributed by atoms with Crippen LogP contribution in [0, 0.1) is 6.92 Å². The maximum Gasteiger partial charge on any atom is 0.183 e. The van der Waals surface area contributed by atoms with Gasteiger partial charge in [-0.3, -0.25) is 0 Å². The molecule has 1 aromatic heterocycles. The quantitative estimate of drug-likeness (QED) is 0.810. The van der Waals surface area contributed by atoms with Crippen molar-refractivity contribution in [2.24, 2.45) is 0 Å². The maximum atomic E-state index is 5.26. The van der Waals surface area contributed by atoms with Gasteiger partial charge in [-0.25, -0.2) is 4.98 Å². The van der Waals surface area contributed by atoms with Crippen LogP contribution in [0.15, 0.2) is 18.2 Å². The van der Waals surface area contributed by atoms with Crippen molar-refractivity contribution in [2.75, 3.05) is 25.1 Å². The van der Waals surface area contributed by atoms with Crippen LogP contribution in [0.1, 0.15) is 12.5 Å². The van der Waals surface area contributed by atoms with Crippen molar-refractivity contribution >= 4 is 26.7 Å². The molecule has 2 rings (SSSR count). The smallest absolute Gasteiger partial charge is 0.183 e. The van der Waals surface area contributed by atoms with Crippen molar-refractivity contribution in [2.45, 2.75) is 13.8 Å². The first-order valence-corrected chi connectivity index (χ1v) is 6.30. The topological polar surface area (TPSA) is 34.1 Å². The van der Waals surface area contributed by atoms with Crippen LogP contribution in [0.4, 0.5) is 5.13 Å². The highest BCUT2D eigenvalue weighted by Gasteiger charge is 2.02. The molecule has 1 aromatic carbocycles. The van der Waals surface area contributed by atoms with E-state index < -0.39 is 0 Å². The highest BCUT2D eigenvalue weighted by atomic mass is 32.1. The predicted molar refractivity (Wildman–Crippen MR) is 69.3 cm³/mol. The molecule has 16 heavy (non-hydrogen) atoms. The first-order valence-electron chi connectivity index (χ1n) is 5.48. The molecule has 3 nitrogen and oxygen atoms in total. The number of thiazole rings is 1. The van der Waals surface area contributed by atoms with Crippen molar-refractivity contribution in [3.8, 4) is 0 Å². The Kier molecular flexibility index (Phi) is 3.74. The fourth-order valence-corrected chi connectivity index (χ4v) is 2.36. The number of aromatic nitrogens is 1. The average Bonchev–Trinajstić information content (AvgIpc) is 2.66. The first kappa shape index (κ1) is 11.4. The molecule has 2 aromatic rings. The van der Waals surface area contributed by atoms with Gasteiger partial charge in [0.1, 0.15) is 0 Å². The van der Waals surface area contributed by atoms with E-state index in [0.717, 1.165) is 30.4 Å². The number of benzene rings is 1. The summed E-state index contributed by atoms with van der Waals surface area (Å²) in [4.78, 5) is 4.52. The summed E-state index contributed by atoms with van der Waals surface area (Å²) in [6.45, 7) is 6.39. The first-order chi connectivity index (χ1) is 7.79. The lowest BCUT2D eigenvalue weighted by Crippen LogP contribution is -2.08. The lowest BCUT2D eigenvalue weighted by molar-refractivity contribution is 0.158. The molecule has 0 radical (unpaired) electrons. The molecule has 86 valence electrons. The third-order valence-corrected chi connectivity index (χ3v) is 3.26. The van der Waals surface area contributed by atoms with E-state index in [2.05, 4.69) is 35.4 Å². The van der Waals surface area contributed by atoms with Crippen LogP contribution in [-0.4, -0.2) is 24.7 Å². The largest absolute Gasteiger partial charge is 0.380 e. The molecule has 0 saturated carbocycles. The number of aryl methyl sites for hydroxylation is 1. The van der Waals surface area contributed by atoms with Crippen LogP contribution >= 0.6 is 11.3 Å². The molecule has 0 saturated heterocycles. The van der Waals surface area contributed by atoms with Crippen LogP contribution in [-0.2, 0) is 4.74 Å². The molecule has 0 fully saturated rings. The number of rotatable bonds is 5. The van der Waals surface area contributed by atoms with Gasteiger partial charge in [-0.1, -0.05) is 17.4 Å². The number of hydrogen-bond donors (Lipinski definition) is 1. The van der Waals surface area contributed by atoms with E-state index in [0.29, 0.717) is 0 Å². The maximum absolute atomic E-state index is 5.26. The van der Waals surface area contributed by atoms with Crippen LogP contribution < -0.4 is 5.32 Å². The second-order valence-electron chi connectivity index (χ2n) is 3.61. The lowest BCUT2D eigenvalue weighted by Gasteiger charge is -2.01. The molecular formula is C12H16N2OS. The molecule has 4 heteroatoms. The molecule has 0 amide bonds. The SMILES string of the molecule is CCOCCNc1nc2cc(C)ccc2s1. The number of nitrogens with one attached hydrogen (secondary N) is 1. The fourth-order valence-electron chi connectivity index (χ4n) is 1.49. The number of nitrogens with zero attached hydrogens (tertiary/aromatic N) is 1. The second kappa shape index (κ2) is 5.27. The van der Waals surface area contributed by atoms with Crippen LogP contribution in [0.2, 0.25) is 0 Å². The Morgan fingerprint density at radius 1 is 1.44 bits per heavy atom. The van der Waals surface area contributed by atoms with E-state index in [1.165, 1.54) is 10.3 Å². The van der Waals surface area contributed by atoms with Crippen molar-refractivity contribution in [1.29, 1.82) is 0 Å². The molecule has 1 heterocycles. The molecule has 0 atom stereocenters. The van der Waals surface area contributed by atoms with Crippen molar-refractivity contribution in [1.82, 2.24) is 4.98 Å². The Labute approximate surface area is 99.5 Å². The Morgan fingerprint density at radius 3 is 3.12 bits per heavy atom. The summed E-state index contributed by atoms with van der Waals surface area (Å²) in [5.41, 5.74) is 2.32. The monoisotopic (exact) mass is 236 g/mol. The zero-order valence-electron chi connectivity index (χ0n) is 9.62. The lowest BCUT2D eigenvalue weighted by atomic mass is 10.2. The predicted octanol–water partition coefficient (Wildman–Crippen LogP) is 3.05. The summed E-state index contributed by atoms with van der Waals surface area (Å²) in [5, 5.41) is 4.24. The van der Waals surface area contributed by atoms with Crippen LogP contribution in [0.25, 0.3) is 10.2 Å². The van der Waals surface area contributed by atoms with E-state index in [4.69, 9.17) is 4.74 Å². The number of anilines is 1. The van der Waals surface area contributed by atoms with Gasteiger partial charge in [0, 0.05) is 13.2 Å². The van der Waals surface area contributed by atoms with Gasteiger partial charge in [0.2, 0.25) is 0 Å². The van der Waals surface area contributed by atoms with Gasteiger partial charge in [-0.2, -0.15) is 0 Å². The molecule has 0 aliphatic heterocycles. The normalized spacial score (nSPS) is 10.9. The van der Waals surface area contributed by atoms with Crippen molar-refractivity contribution in [3.05, 3.63) is 23.8 Å². The van der Waals surface area contributed by atoms with E-state index in [9.17, 15) is 0 Å². The van der Waals surface area contributed by atoms with Gasteiger partial charge in [0.25, 0.3) is 0 Å². The molecule has 0 unspecified atom stereocenters. The third kappa shape index (κ3) is 2.71. The Morgan fingerprint density at radius 2 is 2.31 bits per heavy atom. The summed E-state index contributed by atoms with van der Waals surface area (Å²) in [7, 11) is 0. The minimum Gasteiger partial charge on any atom is -0.380 e. The van der Waals surface area contributed by atoms with Crippen molar-refractivity contribution in [3.63, 3.8) is 0 Å². The van der Waals surface area contributed by atoms with E-state index in [-0.39, 0.29) is 0 Å². The molecule has 0 spiro atoms. The van der Waals surface area contributed by atoms with Gasteiger partial charge in [0.05, 0.1) is 16.8 Å². The average molecular weight is 236 g/mol. The Balaban J connectivity index is 2.02. The van der Waals surface area contributed by atoms with Crippen LogP contribution in [0.3, 0.4) is 0 Å². The van der Waals surface area contributed by atoms with Gasteiger partial charge >= 0.3 is 0 Å².